The number of nitrogens with two attached hydrogens (primary N) is 1. The van der Waals surface area contributed by atoms with Crippen LogP contribution in [0.4, 0.5) is 0 Å². The highest BCUT2D eigenvalue weighted by Crippen LogP contribution is 2.37. The molecule has 0 spiro atoms. The Hall–Kier alpha value is -0.240. The number of hydrogen-bond donors (Lipinski definition) is 2. The van der Waals surface area contributed by atoms with Crippen molar-refractivity contribution < 1.29 is 19.3 Å². The van der Waals surface area contributed by atoms with Crippen LogP contribution in [0.2, 0.25) is 0 Å². The molecule has 3 aliphatic heterocycles. The molecule has 116 valence electrons. The predicted molar refractivity (Wildman–Crippen MR) is 73.0 cm³/mol. The van der Waals surface area contributed by atoms with Gasteiger partial charge in [-0.3, -0.25) is 0 Å². The molecular weight excluding hydrogens is 260 g/mol. The number of hydrogen-bond acceptors (Lipinski definition) is 6. The lowest BCUT2D eigenvalue weighted by molar-refractivity contribution is -0.216. The minimum absolute atomic E-state index is 0.0571. The van der Waals surface area contributed by atoms with Crippen molar-refractivity contribution >= 4 is 0 Å². The average Bonchev–Trinajstić information content (AvgIpc) is 2.77. The van der Waals surface area contributed by atoms with Gasteiger partial charge in [0.1, 0.15) is 18.3 Å². The molecule has 0 aromatic rings. The lowest BCUT2D eigenvalue weighted by Gasteiger charge is -2.38. The Morgan fingerprint density at radius 3 is 2.45 bits per heavy atom. The van der Waals surface area contributed by atoms with Crippen LogP contribution in [0.15, 0.2) is 0 Å². The fraction of sp³-hybridized carbons (Fsp3) is 1.00. The molecule has 3 saturated heterocycles. The van der Waals surface area contributed by atoms with E-state index in [0.717, 1.165) is 25.9 Å². The highest BCUT2D eigenvalue weighted by Gasteiger charge is 2.54. The maximum atomic E-state index is 10.3. The molecule has 3 heterocycles. The number of fused-ring (bicyclic) bond motifs is 1. The van der Waals surface area contributed by atoms with Gasteiger partial charge in [-0.25, -0.2) is 0 Å². The van der Waals surface area contributed by atoms with Gasteiger partial charge in [-0.2, -0.15) is 0 Å². The Morgan fingerprint density at radius 2 is 1.85 bits per heavy atom. The molecule has 3 N–H and O–H groups in total. The van der Waals surface area contributed by atoms with Crippen LogP contribution in [0.25, 0.3) is 0 Å². The molecule has 0 radical (unpaired) electrons. The van der Waals surface area contributed by atoms with Crippen LogP contribution >= 0.6 is 0 Å². The van der Waals surface area contributed by atoms with Crippen LogP contribution in [0.3, 0.4) is 0 Å². The molecule has 0 aromatic heterocycles. The molecule has 4 atom stereocenters. The number of nitrogens with zero attached hydrogens (tertiary/aromatic N) is 1. The van der Waals surface area contributed by atoms with E-state index >= 15 is 0 Å². The van der Waals surface area contributed by atoms with Crippen LogP contribution in [0, 0.1) is 0 Å². The van der Waals surface area contributed by atoms with E-state index in [-0.39, 0.29) is 17.7 Å². The Bertz CT molecular complexity index is 364. The van der Waals surface area contributed by atoms with Crippen LogP contribution < -0.4 is 5.73 Å². The molecule has 3 aliphatic rings. The summed E-state index contributed by atoms with van der Waals surface area (Å²) in [5.41, 5.74) is 6.08. The van der Waals surface area contributed by atoms with Crippen molar-refractivity contribution in [1.29, 1.82) is 0 Å². The zero-order chi connectivity index (χ0) is 14.5. The number of aliphatic hydroxyl groups excluding tert-OH is 1. The van der Waals surface area contributed by atoms with Gasteiger partial charge in [0.05, 0.1) is 0 Å². The van der Waals surface area contributed by atoms with Gasteiger partial charge in [0.2, 0.25) is 0 Å². The average molecular weight is 286 g/mol. The van der Waals surface area contributed by atoms with E-state index in [1.54, 1.807) is 0 Å². The Labute approximate surface area is 120 Å². The molecule has 0 aliphatic carbocycles. The first-order valence-corrected chi connectivity index (χ1v) is 7.46. The van der Waals surface area contributed by atoms with Crippen molar-refractivity contribution in [2.75, 3.05) is 19.6 Å². The van der Waals surface area contributed by atoms with Gasteiger partial charge in [-0.05, 0) is 46.7 Å². The summed E-state index contributed by atoms with van der Waals surface area (Å²) in [6.07, 6.45) is 0.246. The number of ether oxygens (including phenoxy) is 3. The van der Waals surface area contributed by atoms with Gasteiger partial charge in [0.15, 0.2) is 12.1 Å². The smallest absolute Gasteiger partial charge is 0.190 e. The molecule has 0 saturated carbocycles. The van der Waals surface area contributed by atoms with Crippen molar-refractivity contribution in [2.24, 2.45) is 5.73 Å². The van der Waals surface area contributed by atoms with Crippen molar-refractivity contribution in [2.45, 2.75) is 69.5 Å². The summed E-state index contributed by atoms with van der Waals surface area (Å²) in [7, 11) is 0. The first kappa shape index (κ1) is 14.7. The third kappa shape index (κ3) is 2.86. The van der Waals surface area contributed by atoms with Gasteiger partial charge in [-0.15, -0.1) is 0 Å². The highest BCUT2D eigenvalue weighted by atomic mass is 16.8. The topological polar surface area (TPSA) is 77.2 Å². The lowest BCUT2D eigenvalue weighted by Crippen LogP contribution is -2.51. The van der Waals surface area contributed by atoms with Gasteiger partial charge in [0, 0.05) is 12.1 Å². The second kappa shape index (κ2) is 4.90. The fourth-order valence-corrected chi connectivity index (χ4v) is 3.21. The predicted octanol–water partition coefficient (Wildman–Crippen LogP) is 0.0369. The first-order chi connectivity index (χ1) is 9.26. The Balaban J connectivity index is 1.54. The maximum Gasteiger partial charge on any atom is 0.190 e. The molecule has 0 amide bonds. The number of likely N-dealkylation sites (tertiary alicyclic amines) is 1. The summed E-state index contributed by atoms with van der Waals surface area (Å²) in [5.74, 6) is -0.673. The van der Waals surface area contributed by atoms with E-state index < -0.39 is 18.2 Å². The molecule has 0 unspecified atom stereocenters. The Kier molecular flexibility index (Phi) is 3.60. The van der Waals surface area contributed by atoms with E-state index in [1.807, 2.05) is 13.8 Å². The SMILES string of the molecule is CC1(N)CCN(C[C@H]2O[C@@H]3OC(C)(C)O[C@@H]3[C@H]2O)CC1. The van der Waals surface area contributed by atoms with Crippen molar-refractivity contribution in [3.63, 3.8) is 0 Å². The van der Waals surface area contributed by atoms with Crippen molar-refractivity contribution in [1.82, 2.24) is 4.90 Å². The van der Waals surface area contributed by atoms with Gasteiger partial charge in [0.25, 0.3) is 0 Å². The molecule has 0 bridgehead atoms. The standard InChI is InChI=1S/C14H26N2O4/c1-13(2)19-11-10(17)9(18-12(11)20-13)8-16-6-4-14(3,15)5-7-16/h9-12,17H,4-8,15H2,1-3H3/t9-,10+,11-,12-/m1/s1. The zero-order valence-electron chi connectivity index (χ0n) is 12.5. The summed E-state index contributed by atoms with van der Waals surface area (Å²) in [5, 5.41) is 10.3. The number of piperidine rings is 1. The van der Waals surface area contributed by atoms with E-state index in [4.69, 9.17) is 19.9 Å². The Morgan fingerprint density at radius 1 is 1.20 bits per heavy atom. The molecule has 3 rings (SSSR count). The monoisotopic (exact) mass is 286 g/mol. The van der Waals surface area contributed by atoms with Gasteiger partial charge >= 0.3 is 0 Å². The molecule has 20 heavy (non-hydrogen) atoms. The molecule has 0 aromatic carbocycles. The summed E-state index contributed by atoms with van der Waals surface area (Å²) in [6.45, 7) is 8.37. The van der Waals surface area contributed by atoms with E-state index in [2.05, 4.69) is 11.8 Å². The van der Waals surface area contributed by atoms with Crippen LogP contribution in [-0.4, -0.2) is 65.6 Å². The van der Waals surface area contributed by atoms with E-state index in [9.17, 15) is 5.11 Å². The van der Waals surface area contributed by atoms with Gasteiger partial charge in [-0.1, -0.05) is 0 Å². The van der Waals surface area contributed by atoms with E-state index in [0.29, 0.717) is 6.54 Å². The molecule has 6 heteroatoms. The molecule has 3 fully saturated rings. The number of aliphatic hydroxyl groups is 1. The lowest BCUT2D eigenvalue weighted by atomic mass is 9.91. The first-order valence-electron chi connectivity index (χ1n) is 7.46. The van der Waals surface area contributed by atoms with Crippen LogP contribution in [-0.2, 0) is 14.2 Å². The quantitative estimate of drug-likeness (QED) is 0.746. The number of rotatable bonds is 2. The third-order valence-corrected chi connectivity index (χ3v) is 4.55. The van der Waals surface area contributed by atoms with Crippen molar-refractivity contribution in [3.8, 4) is 0 Å². The van der Waals surface area contributed by atoms with Crippen molar-refractivity contribution in [3.05, 3.63) is 0 Å². The zero-order valence-corrected chi connectivity index (χ0v) is 12.5. The fourth-order valence-electron chi connectivity index (χ4n) is 3.21. The van der Waals surface area contributed by atoms with E-state index in [1.165, 1.54) is 0 Å². The largest absolute Gasteiger partial charge is 0.387 e. The summed E-state index contributed by atoms with van der Waals surface area (Å²) >= 11 is 0. The normalized spacial score (nSPS) is 43.6. The minimum Gasteiger partial charge on any atom is -0.387 e. The summed E-state index contributed by atoms with van der Waals surface area (Å²) < 4.78 is 17.2. The second-order valence-electron chi connectivity index (χ2n) is 7.09. The molecular formula is C14H26N2O4. The van der Waals surface area contributed by atoms with Gasteiger partial charge < -0.3 is 30.0 Å². The summed E-state index contributed by atoms with van der Waals surface area (Å²) in [4.78, 5) is 2.30. The minimum atomic E-state index is -0.673. The molecule has 6 nitrogen and oxygen atoms in total. The summed E-state index contributed by atoms with van der Waals surface area (Å²) in [6, 6.07) is 0. The van der Waals surface area contributed by atoms with Crippen LogP contribution in [0.1, 0.15) is 33.6 Å². The third-order valence-electron chi connectivity index (χ3n) is 4.55. The second-order valence-corrected chi connectivity index (χ2v) is 7.09. The van der Waals surface area contributed by atoms with Crippen LogP contribution in [0.5, 0.6) is 0 Å². The maximum absolute atomic E-state index is 10.3. The highest BCUT2D eigenvalue weighted by molar-refractivity contribution is 4.95.